The van der Waals surface area contributed by atoms with Gasteiger partial charge in [0, 0.05) is 18.5 Å². The molecule has 94 valence electrons. The summed E-state index contributed by atoms with van der Waals surface area (Å²) in [5.74, 6) is 0.214. The molecule has 1 fully saturated rings. The molecule has 0 aromatic heterocycles. The zero-order chi connectivity index (χ0) is 11.9. The van der Waals surface area contributed by atoms with Crippen molar-refractivity contribution in [3.8, 4) is 0 Å². The highest BCUT2D eigenvalue weighted by Gasteiger charge is 2.27. The zero-order valence-electron chi connectivity index (χ0n) is 10.8. The van der Waals surface area contributed by atoms with E-state index < -0.39 is 0 Å². The minimum Gasteiger partial charge on any atom is -0.354 e. The molecule has 2 N–H and O–H groups in total. The van der Waals surface area contributed by atoms with E-state index in [0.717, 1.165) is 19.5 Å². The molecule has 1 amide bonds. The smallest absolute Gasteiger partial charge is 0.220 e. The molecule has 0 aromatic carbocycles. The first kappa shape index (κ1) is 13.5. The van der Waals surface area contributed by atoms with Gasteiger partial charge in [-0.1, -0.05) is 26.2 Å². The number of carbonyl (C=O) groups excluding carboxylic acids is 1. The highest BCUT2D eigenvalue weighted by atomic mass is 16.1. The molecular formula is C13H26N2O. The summed E-state index contributed by atoms with van der Waals surface area (Å²) in [7, 11) is 0. The van der Waals surface area contributed by atoms with Gasteiger partial charge in [0.2, 0.25) is 5.91 Å². The maximum Gasteiger partial charge on any atom is 0.220 e. The number of nitrogens with one attached hydrogen (secondary N) is 2. The normalized spacial score (nSPS) is 24.6. The molecule has 1 aliphatic rings. The first-order chi connectivity index (χ1) is 7.66. The third kappa shape index (κ3) is 4.97. The molecule has 1 aliphatic heterocycles. The SMILES string of the molecule is CCCCCCC(=O)NCC1(C)CCCN1. The van der Waals surface area contributed by atoms with Crippen LogP contribution in [0.5, 0.6) is 0 Å². The van der Waals surface area contributed by atoms with E-state index in [9.17, 15) is 4.79 Å². The zero-order valence-corrected chi connectivity index (χ0v) is 10.8. The van der Waals surface area contributed by atoms with E-state index >= 15 is 0 Å². The predicted molar refractivity (Wildman–Crippen MR) is 67.4 cm³/mol. The van der Waals surface area contributed by atoms with Crippen LogP contribution in [0.25, 0.3) is 0 Å². The Hall–Kier alpha value is -0.570. The van der Waals surface area contributed by atoms with E-state index in [1.165, 1.54) is 32.1 Å². The van der Waals surface area contributed by atoms with Crippen molar-refractivity contribution in [2.75, 3.05) is 13.1 Å². The summed E-state index contributed by atoms with van der Waals surface area (Å²) >= 11 is 0. The fraction of sp³-hybridized carbons (Fsp3) is 0.923. The number of unbranched alkanes of at least 4 members (excludes halogenated alkanes) is 3. The van der Waals surface area contributed by atoms with E-state index in [4.69, 9.17) is 0 Å². The Labute approximate surface area is 99.4 Å². The molecule has 1 rings (SSSR count). The lowest BCUT2D eigenvalue weighted by molar-refractivity contribution is -0.121. The van der Waals surface area contributed by atoms with E-state index in [-0.39, 0.29) is 11.4 Å². The van der Waals surface area contributed by atoms with E-state index in [2.05, 4.69) is 24.5 Å². The first-order valence-electron chi connectivity index (χ1n) is 6.68. The summed E-state index contributed by atoms with van der Waals surface area (Å²) in [5.41, 5.74) is 0.138. The molecular weight excluding hydrogens is 200 g/mol. The van der Waals surface area contributed by atoms with Crippen LogP contribution in [0.4, 0.5) is 0 Å². The van der Waals surface area contributed by atoms with E-state index in [1.807, 2.05) is 0 Å². The molecule has 0 bridgehead atoms. The number of hydrogen-bond donors (Lipinski definition) is 2. The van der Waals surface area contributed by atoms with Crippen LogP contribution in [0, 0.1) is 0 Å². The van der Waals surface area contributed by atoms with Gasteiger partial charge in [0.25, 0.3) is 0 Å². The van der Waals surface area contributed by atoms with Gasteiger partial charge in [-0.15, -0.1) is 0 Å². The molecule has 0 aliphatic carbocycles. The average Bonchev–Trinajstić information content (AvgIpc) is 2.70. The first-order valence-corrected chi connectivity index (χ1v) is 6.68. The Bertz CT molecular complexity index is 210. The summed E-state index contributed by atoms with van der Waals surface area (Å²) < 4.78 is 0. The lowest BCUT2D eigenvalue weighted by atomic mass is 10.0. The molecule has 16 heavy (non-hydrogen) atoms. The van der Waals surface area contributed by atoms with Crippen molar-refractivity contribution in [2.24, 2.45) is 0 Å². The number of amides is 1. The molecule has 0 aromatic rings. The van der Waals surface area contributed by atoms with Crippen molar-refractivity contribution < 1.29 is 4.79 Å². The molecule has 0 saturated carbocycles. The van der Waals surface area contributed by atoms with E-state index in [1.54, 1.807) is 0 Å². The largest absolute Gasteiger partial charge is 0.354 e. The summed E-state index contributed by atoms with van der Waals surface area (Å²) in [6.07, 6.45) is 7.77. The Kier molecular flexibility index (Phi) is 5.81. The van der Waals surface area contributed by atoms with Crippen molar-refractivity contribution in [2.45, 2.75) is 64.3 Å². The molecule has 1 saturated heterocycles. The fourth-order valence-electron chi connectivity index (χ4n) is 2.20. The second kappa shape index (κ2) is 6.89. The maximum absolute atomic E-state index is 11.6. The van der Waals surface area contributed by atoms with Gasteiger partial charge >= 0.3 is 0 Å². The van der Waals surface area contributed by atoms with Gasteiger partial charge in [-0.2, -0.15) is 0 Å². The average molecular weight is 226 g/mol. The fourth-order valence-corrected chi connectivity index (χ4v) is 2.20. The summed E-state index contributed by atoms with van der Waals surface area (Å²) in [6.45, 7) is 6.24. The van der Waals surface area contributed by atoms with Gasteiger partial charge in [-0.25, -0.2) is 0 Å². The Morgan fingerprint density at radius 3 is 2.81 bits per heavy atom. The lowest BCUT2D eigenvalue weighted by Gasteiger charge is -2.24. The molecule has 0 spiro atoms. The van der Waals surface area contributed by atoms with Crippen LogP contribution in [0.3, 0.4) is 0 Å². The monoisotopic (exact) mass is 226 g/mol. The Morgan fingerprint density at radius 2 is 2.19 bits per heavy atom. The maximum atomic E-state index is 11.6. The van der Waals surface area contributed by atoms with Crippen molar-refractivity contribution in [3.05, 3.63) is 0 Å². The molecule has 3 nitrogen and oxygen atoms in total. The van der Waals surface area contributed by atoms with Crippen LogP contribution >= 0.6 is 0 Å². The van der Waals surface area contributed by atoms with Crippen LogP contribution in [-0.2, 0) is 4.79 Å². The lowest BCUT2D eigenvalue weighted by Crippen LogP contribution is -2.47. The summed E-state index contributed by atoms with van der Waals surface area (Å²) in [4.78, 5) is 11.6. The molecule has 1 heterocycles. The minimum absolute atomic E-state index is 0.138. The minimum atomic E-state index is 0.138. The van der Waals surface area contributed by atoms with Gasteiger partial charge in [-0.05, 0) is 32.7 Å². The predicted octanol–water partition coefficient (Wildman–Crippen LogP) is 2.22. The quantitative estimate of drug-likeness (QED) is 0.654. The Morgan fingerprint density at radius 1 is 1.38 bits per heavy atom. The van der Waals surface area contributed by atoms with Crippen LogP contribution in [0.1, 0.15) is 58.8 Å². The van der Waals surface area contributed by atoms with Crippen molar-refractivity contribution >= 4 is 5.91 Å². The molecule has 1 unspecified atom stereocenters. The van der Waals surface area contributed by atoms with Gasteiger partial charge in [0.05, 0.1) is 0 Å². The van der Waals surface area contributed by atoms with Crippen molar-refractivity contribution in [3.63, 3.8) is 0 Å². The molecule has 0 radical (unpaired) electrons. The van der Waals surface area contributed by atoms with Crippen LogP contribution in [0.2, 0.25) is 0 Å². The third-order valence-corrected chi connectivity index (χ3v) is 3.39. The number of carbonyl (C=O) groups is 1. The Balaban J connectivity index is 2.05. The highest BCUT2D eigenvalue weighted by Crippen LogP contribution is 2.17. The van der Waals surface area contributed by atoms with Gasteiger partial charge in [-0.3, -0.25) is 4.79 Å². The highest BCUT2D eigenvalue weighted by molar-refractivity contribution is 5.75. The molecule has 3 heteroatoms. The topological polar surface area (TPSA) is 41.1 Å². The number of hydrogen-bond acceptors (Lipinski definition) is 2. The summed E-state index contributed by atoms with van der Waals surface area (Å²) in [6, 6.07) is 0. The van der Waals surface area contributed by atoms with E-state index in [0.29, 0.717) is 6.42 Å². The second-order valence-electron chi connectivity index (χ2n) is 5.18. The summed E-state index contributed by atoms with van der Waals surface area (Å²) in [5, 5.41) is 6.49. The van der Waals surface area contributed by atoms with Crippen molar-refractivity contribution in [1.29, 1.82) is 0 Å². The van der Waals surface area contributed by atoms with Gasteiger partial charge in [0.1, 0.15) is 0 Å². The second-order valence-corrected chi connectivity index (χ2v) is 5.18. The number of rotatable bonds is 7. The van der Waals surface area contributed by atoms with Crippen LogP contribution in [0.15, 0.2) is 0 Å². The van der Waals surface area contributed by atoms with Crippen LogP contribution in [-0.4, -0.2) is 24.5 Å². The standard InChI is InChI=1S/C13H26N2O/c1-3-4-5-6-8-12(16)14-11-13(2)9-7-10-15-13/h15H,3-11H2,1-2H3,(H,14,16). The van der Waals surface area contributed by atoms with Gasteiger partial charge < -0.3 is 10.6 Å². The van der Waals surface area contributed by atoms with Crippen LogP contribution < -0.4 is 10.6 Å². The van der Waals surface area contributed by atoms with Crippen molar-refractivity contribution in [1.82, 2.24) is 10.6 Å². The third-order valence-electron chi connectivity index (χ3n) is 3.39. The molecule has 1 atom stereocenters. The van der Waals surface area contributed by atoms with Gasteiger partial charge in [0.15, 0.2) is 0 Å².